The number of aliphatic hydroxyl groups excluding tert-OH is 1. The predicted octanol–water partition coefficient (Wildman–Crippen LogP) is -0.163. The molecule has 76 valence electrons. The summed E-state index contributed by atoms with van der Waals surface area (Å²) in [4.78, 5) is 10.4. The number of nitrogens with two attached hydrogens (primary N) is 1. The molecule has 0 aliphatic heterocycles. The third kappa shape index (κ3) is 2.01. The lowest BCUT2D eigenvalue weighted by molar-refractivity contribution is -0.147. The number of aliphatic hydroxyl groups is 1. The topological polar surface area (TPSA) is 104 Å². The van der Waals surface area contributed by atoms with Gasteiger partial charge in [-0.1, -0.05) is 18.2 Å². The van der Waals surface area contributed by atoms with Crippen LogP contribution >= 0.6 is 0 Å². The van der Waals surface area contributed by atoms with Gasteiger partial charge in [-0.2, -0.15) is 0 Å². The molecule has 0 spiro atoms. The zero-order valence-electron chi connectivity index (χ0n) is 7.29. The normalized spacial score (nSPS) is 14.7. The van der Waals surface area contributed by atoms with Crippen molar-refractivity contribution in [3.8, 4) is 5.75 Å². The third-order valence-corrected chi connectivity index (χ3v) is 1.89. The van der Waals surface area contributed by atoms with Crippen molar-refractivity contribution in [2.24, 2.45) is 5.73 Å². The highest BCUT2D eigenvalue weighted by atomic mass is 16.4. The number of rotatable bonds is 3. The van der Waals surface area contributed by atoms with E-state index in [-0.39, 0.29) is 11.3 Å². The highest BCUT2D eigenvalue weighted by Crippen LogP contribution is 2.24. The lowest BCUT2D eigenvalue weighted by atomic mass is 10.0. The Morgan fingerprint density at radius 1 is 1.36 bits per heavy atom. The van der Waals surface area contributed by atoms with Gasteiger partial charge in [-0.05, 0) is 6.07 Å². The number of phenolic OH excluding ortho intramolecular Hbond substituents is 1. The Bertz CT molecular complexity index is 339. The summed E-state index contributed by atoms with van der Waals surface area (Å²) in [6, 6.07) is 4.90. The van der Waals surface area contributed by atoms with Gasteiger partial charge in [0.15, 0.2) is 6.10 Å². The number of phenols is 1. The SMILES string of the molecule is N[C@@H](c1ccccc1O)[C@H](O)C(=O)O. The van der Waals surface area contributed by atoms with Crippen molar-refractivity contribution >= 4 is 5.97 Å². The van der Waals surface area contributed by atoms with E-state index < -0.39 is 18.1 Å². The van der Waals surface area contributed by atoms with E-state index in [4.69, 9.17) is 15.9 Å². The number of aromatic hydroxyl groups is 1. The summed E-state index contributed by atoms with van der Waals surface area (Å²) in [5.74, 6) is -1.54. The lowest BCUT2D eigenvalue weighted by Gasteiger charge is -2.16. The van der Waals surface area contributed by atoms with E-state index in [9.17, 15) is 9.90 Å². The first-order valence-corrected chi connectivity index (χ1v) is 3.98. The van der Waals surface area contributed by atoms with E-state index in [0.717, 1.165) is 0 Å². The maximum absolute atomic E-state index is 10.4. The summed E-state index contributed by atoms with van der Waals surface area (Å²) < 4.78 is 0. The van der Waals surface area contributed by atoms with Crippen LogP contribution in [0.5, 0.6) is 5.75 Å². The smallest absolute Gasteiger partial charge is 0.334 e. The van der Waals surface area contributed by atoms with Gasteiger partial charge in [-0.3, -0.25) is 0 Å². The van der Waals surface area contributed by atoms with E-state index in [2.05, 4.69) is 0 Å². The fourth-order valence-corrected chi connectivity index (χ4v) is 1.09. The second kappa shape index (κ2) is 4.08. The molecule has 0 aliphatic carbocycles. The number of benzene rings is 1. The number of hydrogen-bond acceptors (Lipinski definition) is 4. The lowest BCUT2D eigenvalue weighted by Crippen LogP contribution is -2.33. The van der Waals surface area contributed by atoms with Crippen LogP contribution in [0.25, 0.3) is 0 Å². The molecule has 1 aromatic rings. The summed E-state index contributed by atoms with van der Waals surface area (Å²) in [5, 5.41) is 27.0. The first kappa shape index (κ1) is 10.5. The molecular weight excluding hydrogens is 186 g/mol. The van der Waals surface area contributed by atoms with Gasteiger partial charge >= 0.3 is 5.97 Å². The molecule has 0 aromatic heterocycles. The van der Waals surface area contributed by atoms with Crippen LogP contribution in [-0.4, -0.2) is 27.4 Å². The van der Waals surface area contributed by atoms with Crippen molar-refractivity contribution in [3.05, 3.63) is 29.8 Å². The van der Waals surface area contributed by atoms with Gasteiger partial charge in [0.2, 0.25) is 0 Å². The first-order valence-electron chi connectivity index (χ1n) is 3.98. The highest BCUT2D eigenvalue weighted by molar-refractivity contribution is 5.73. The van der Waals surface area contributed by atoms with Crippen LogP contribution in [0.4, 0.5) is 0 Å². The van der Waals surface area contributed by atoms with Crippen LogP contribution in [0, 0.1) is 0 Å². The molecule has 0 radical (unpaired) electrons. The van der Waals surface area contributed by atoms with Crippen molar-refractivity contribution < 1.29 is 20.1 Å². The zero-order valence-corrected chi connectivity index (χ0v) is 7.29. The molecule has 5 heteroatoms. The second-order valence-corrected chi connectivity index (χ2v) is 2.87. The van der Waals surface area contributed by atoms with Crippen LogP contribution in [-0.2, 0) is 4.79 Å². The molecule has 14 heavy (non-hydrogen) atoms. The molecule has 0 amide bonds. The molecule has 0 fully saturated rings. The molecule has 0 saturated carbocycles. The van der Waals surface area contributed by atoms with Gasteiger partial charge in [0.05, 0.1) is 6.04 Å². The Morgan fingerprint density at radius 2 is 1.93 bits per heavy atom. The number of carboxylic acids is 1. The third-order valence-electron chi connectivity index (χ3n) is 1.89. The molecule has 0 aliphatic rings. The quantitative estimate of drug-likeness (QED) is 0.539. The van der Waals surface area contributed by atoms with Crippen LogP contribution in [0.15, 0.2) is 24.3 Å². The maximum Gasteiger partial charge on any atom is 0.334 e. The van der Waals surface area contributed by atoms with E-state index in [0.29, 0.717) is 0 Å². The van der Waals surface area contributed by atoms with Gasteiger partial charge in [0.1, 0.15) is 5.75 Å². The summed E-state index contributed by atoms with van der Waals surface area (Å²) in [6.45, 7) is 0. The molecule has 2 atom stereocenters. The summed E-state index contributed by atoms with van der Waals surface area (Å²) in [7, 11) is 0. The van der Waals surface area contributed by atoms with Crippen molar-refractivity contribution in [2.45, 2.75) is 12.1 Å². The van der Waals surface area contributed by atoms with Gasteiger partial charge in [-0.25, -0.2) is 4.79 Å². The number of para-hydroxylation sites is 1. The molecule has 0 heterocycles. The Kier molecular flexibility index (Phi) is 3.06. The van der Waals surface area contributed by atoms with Crippen molar-refractivity contribution in [3.63, 3.8) is 0 Å². The average molecular weight is 197 g/mol. The standard InChI is InChI=1S/C9H11NO4/c10-7(8(12)9(13)14)5-3-1-2-4-6(5)11/h1-4,7-8,11-12H,10H2,(H,13,14)/t7-,8-/m0/s1. The summed E-state index contributed by atoms with van der Waals surface area (Å²) in [6.07, 6.45) is -1.72. The van der Waals surface area contributed by atoms with E-state index in [1.807, 2.05) is 0 Å². The van der Waals surface area contributed by atoms with Gasteiger partial charge < -0.3 is 21.1 Å². The molecule has 5 nitrogen and oxygen atoms in total. The number of carbonyl (C=O) groups is 1. The Balaban J connectivity index is 2.94. The summed E-state index contributed by atoms with van der Waals surface area (Å²) >= 11 is 0. The molecule has 1 aromatic carbocycles. The predicted molar refractivity (Wildman–Crippen MR) is 48.7 cm³/mol. The van der Waals surface area contributed by atoms with Crippen LogP contribution in [0.2, 0.25) is 0 Å². The van der Waals surface area contributed by atoms with Crippen molar-refractivity contribution in [1.29, 1.82) is 0 Å². The maximum atomic E-state index is 10.4. The second-order valence-electron chi connectivity index (χ2n) is 2.87. The minimum Gasteiger partial charge on any atom is -0.508 e. The van der Waals surface area contributed by atoms with Crippen molar-refractivity contribution in [1.82, 2.24) is 0 Å². The number of hydrogen-bond donors (Lipinski definition) is 4. The van der Waals surface area contributed by atoms with E-state index in [1.165, 1.54) is 12.1 Å². The van der Waals surface area contributed by atoms with Gasteiger partial charge in [0.25, 0.3) is 0 Å². The fraction of sp³-hybridized carbons (Fsp3) is 0.222. The fourth-order valence-electron chi connectivity index (χ4n) is 1.09. The largest absolute Gasteiger partial charge is 0.508 e. The molecular formula is C9H11NO4. The van der Waals surface area contributed by atoms with Gasteiger partial charge in [-0.15, -0.1) is 0 Å². The molecule has 5 N–H and O–H groups in total. The zero-order chi connectivity index (χ0) is 10.7. The van der Waals surface area contributed by atoms with Crippen molar-refractivity contribution in [2.75, 3.05) is 0 Å². The van der Waals surface area contributed by atoms with Gasteiger partial charge in [0, 0.05) is 5.56 Å². The molecule has 0 saturated heterocycles. The Labute approximate surface area is 80.4 Å². The molecule has 1 rings (SSSR count). The number of carboxylic acid groups (broad SMARTS) is 1. The minimum absolute atomic E-state index is 0.125. The van der Waals surface area contributed by atoms with Crippen LogP contribution in [0.3, 0.4) is 0 Å². The average Bonchev–Trinajstić information content (AvgIpc) is 2.16. The van der Waals surface area contributed by atoms with E-state index in [1.54, 1.807) is 12.1 Å². The Morgan fingerprint density at radius 3 is 2.43 bits per heavy atom. The van der Waals surface area contributed by atoms with Crippen LogP contribution in [0.1, 0.15) is 11.6 Å². The Hall–Kier alpha value is -1.59. The first-order chi connectivity index (χ1) is 6.54. The monoisotopic (exact) mass is 197 g/mol. The number of aliphatic carboxylic acids is 1. The highest BCUT2D eigenvalue weighted by Gasteiger charge is 2.25. The molecule has 0 bridgehead atoms. The van der Waals surface area contributed by atoms with E-state index >= 15 is 0 Å². The molecule has 0 unspecified atom stereocenters. The minimum atomic E-state index is -1.72. The summed E-state index contributed by atoms with van der Waals surface area (Å²) in [5.41, 5.74) is 5.66. The van der Waals surface area contributed by atoms with Crippen LogP contribution < -0.4 is 5.73 Å².